The van der Waals surface area contributed by atoms with Crippen LogP contribution in [0.15, 0.2) is 0 Å². The van der Waals surface area contributed by atoms with E-state index in [1.165, 1.54) is 0 Å². The van der Waals surface area contributed by atoms with E-state index >= 15 is 0 Å². The smallest absolute Gasteiger partial charge is 0.215 e. The third-order valence-corrected chi connectivity index (χ3v) is 7.22. The van der Waals surface area contributed by atoms with Gasteiger partial charge in [-0.2, -0.15) is 4.31 Å². The van der Waals surface area contributed by atoms with Gasteiger partial charge in [-0.05, 0) is 32.2 Å². The Hall–Kier alpha value is -0.180. The van der Waals surface area contributed by atoms with Crippen molar-refractivity contribution in [3.63, 3.8) is 0 Å². The number of rotatable bonds is 5. The Morgan fingerprint density at radius 2 is 1.80 bits per heavy atom. The fourth-order valence-electron chi connectivity index (χ4n) is 3.09. The van der Waals surface area contributed by atoms with Crippen LogP contribution >= 0.6 is 0 Å². The summed E-state index contributed by atoms with van der Waals surface area (Å²) in [5.41, 5.74) is 0. The molecule has 0 amide bonds. The monoisotopic (exact) mass is 324 g/mol. The molecule has 0 aromatic heterocycles. The van der Waals surface area contributed by atoms with Crippen LogP contribution in [0.25, 0.3) is 0 Å². The highest BCUT2D eigenvalue weighted by atomic mass is 32.2. The SMILES string of the molecule is CS(=O)(=O)CCS(=O)(=O)N1CCCCC1C1CCCN1. The van der Waals surface area contributed by atoms with Gasteiger partial charge in [0.25, 0.3) is 0 Å². The molecule has 2 fully saturated rings. The minimum absolute atomic E-state index is 0.00388. The van der Waals surface area contributed by atoms with Crippen LogP contribution in [-0.2, 0) is 19.9 Å². The van der Waals surface area contributed by atoms with Gasteiger partial charge >= 0.3 is 0 Å². The Morgan fingerprint density at radius 1 is 1.05 bits per heavy atom. The van der Waals surface area contributed by atoms with E-state index in [1.54, 1.807) is 4.31 Å². The molecular formula is C12H24N2O4S2. The number of hydrogen-bond acceptors (Lipinski definition) is 5. The molecule has 2 saturated heterocycles. The largest absolute Gasteiger partial charge is 0.312 e. The van der Waals surface area contributed by atoms with Gasteiger partial charge in [0.15, 0.2) is 0 Å². The van der Waals surface area contributed by atoms with E-state index in [2.05, 4.69) is 5.32 Å². The molecule has 0 saturated carbocycles. The molecule has 2 heterocycles. The minimum atomic E-state index is -3.49. The summed E-state index contributed by atoms with van der Waals surface area (Å²) in [4.78, 5) is 0. The summed E-state index contributed by atoms with van der Waals surface area (Å²) in [5.74, 6) is -0.592. The van der Waals surface area contributed by atoms with E-state index in [9.17, 15) is 16.8 Å². The molecule has 6 nitrogen and oxygen atoms in total. The molecule has 118 valence electrons. The van der Waals surface area contributed by atoms with Gasteiger partial charge in [-0.15, -0.1) is 0 Å². The summed E-state index contributed by atoms with van der Waals surface area (Å²) in [6.45, 7) is 1.47. The third kappa shape index (κ3) is 4.16. The predicted octanol–water partition coefficient (Wildman–Crippen LogP) is -0.0327. The van der Waals surface area contributed by atoms with Crippen LogP contribution in [0.2, 0.25) is 0 Å². The van der Waals surface area contributed by atoms with Crippen molar-refractivity contribution < 1.29 is 16.8 Å². The molecule has 2 aliphatic heterocycles. The van der Waals surface area contributed by atoms with Gasteiger partial charge in [-0.1, -0.05) is 6.42 Å². The van der Waals surface area contributed by atoms with Crippen molar-refractivity contribution in [2.45, 2.75) is 44.2 Å². The minimum Gasteiger partial charge on any atom is -0.312 e. The van der Waals surface area contributed by atoms with Gasteiger partial charge in [0.05, 0.1) is 11.5 Å². The second-order valence-electron chi connectivity index (χ2n) is 5.82. The topological polar surface area (TPSA) is 83.5 Å². The van der Waals surface area contributed by atoms with Crippen LogP contribution < -0.4 is 5.32 Å². The Balaban J connectivity index is 2.09. The van der Waals surface area contributed by atoms with Crippen molar-refractivity contribution in [2.75, 3.05) is 30.9 Å². The highest BCUT2D eigenvalue weighted by Gasteiger charge is 2.37. The normalized spacial score (nSPS) is 29.6. The maximum atomic E-state index is 12.4. The molecule has 2 rings (SSSR count). The Kier molecular flexibility index (Phi) is 5.09. The molecule has 1 N–H and O–H groups in total. The maximum absolute atomic E-state index is 12.4. The van der Waals surface area contributed by atoms with Crippen LogP contribution in [-0.4, -0.2) is 64.1 Å². The number of nitrogens with zero attached hydrogens (tertiary/aromatic N) is 1. The first-order valence-corrected chi connectivity index (χ1v) is 10.9. The maximum Gasteiger partial charge on any atom is 0.215 e. The van der Waals surface area contributed by atoms with Crippen LogP contribution in [0.1, 0.15) is 32.1 Å². The van der Waals surface area contributed by atoms with E-state index in [0.29, 0.717) is 6.54 Å². The summed E-state index contributed by atoms with van der Waals surface area (Å²) in [7, 11) is -6.74. The van der Waals surface area contributed by atoms with Crippen molar-refractivity contribution in [1.82, 2.24) is 9.62 Å². The van der Waals surface area contributed by atoms with Crippen LogP contribution in [0.3, 0.4) is 0 Å². The van der Waals surface area contributed by atoms with E-state index in [4.69, 9.17) is 0 Å². The van der Waals surface area contributed by atoms with Crippen molar-refractivity contribution >= 4 is 19.9 Å². The lowest BCUT2D eigenvalue weighted by Gasteiger charge is -2.38. The molecule has 0 radical (unpaired) electrons. The van der Waals surface area contributed by atoms with Gasteiger partial charge in [-0.25, -0.2) is 16.8 Å². The highest BCUT2D eigenvalue weighted by molar-refractivity contribution is 7.93. The summed E-state index contributed by atoms with van der Waals surface area (Å²) < 4.78 is 48.8. The number of sulfone groups is 1. The Labute approximate surface area is 121 Å². The van der Waals surface area contributed by atoms with Gasteiger partial charge in [0, 0.05) is 24.9 Å². The molecule has 0 spiro atoms. The van der Waals surface area contributed by atoms with Crippen LogP contribution in [0, 0.1) is 0 Å². The molecular weight excluding hydrogens is 300 g/mol. The van der Waals surface area contributed by atoms with Crippen molar-refractivity contribution in [3.05, 3.63) is 0 Å². The second kappa shape index (κ2) is 6.29. The molecule has 2 unspecified atom stereocenters. The third-order valence-electron chi connectivity index (χ3n) is 4.13. The average Bonchev–Trinajstić information content (AvgIpc) is 2.90. The molecule has 2 aliphatic rings. The molecule has 20 heavy (non-hydrogen) atoms. The fourth-order valence-corrected chi connectivity index (χ4v) is 6.45. The number of piperidine rings is 1. The molecule has 2 atom stereocenters. The lowest BCUT2D eigenvalue weighted by atomic mass is 9.97. The van der Waals surface area contributed by atoms with E-state index < -0.39 is 19.9 Å². The van der Waals surface area contributed by atoms with Crippen molar-refractivity contribution in [3.8, 4) is 0 Å². The van der Waals surface area contributed by atoms with Gasteiger partial charge in [0.1, 0.15) is 9.84 Å². The number of nitrogens with one attached hydrogen (secondary N) is 1. The Morgan fingerprint density at radius 3 is 2.40 bits per heavy atom. The second-order valence-corrected chi connectivity index (χ2v) is 10.1. The van der Waals surface area contributed by atoms with Gasteiger partial charge < -0.3 is 5.32 Å². The molecule has 0 aliphatic carbocycles. The zero-order valence-electron chi connectivity index (χ0n) is 11.9. The molecule has 0 aromatic rings. The van der Waals surface area contributed by atoms with Gasteiger partial charge in [0.2, 0.25) is 10.0 Å². The van der Waals surface area contributed by atoms with Crippen LogP contribution in [0.4, 0.5) is 0 Å². The van der Waals surface area contributed by atoms with Crippen LogP contribution in [0.5, 0.6) is 0 Å². The van der Waals surface area contributed by atoms with E-state index in [1.807, 2.05) is 0 Å². The lowest BCUT2D eigenvalue weighted by Crippen LogP contribution is -2.53. The van der Waals surface area contributed by atoms with Crippen molar-refractivity contribution in [1.29, 1.82) is 0 Å². The molecule has 0 bridgehead atoms. The number of hydrogen-bond donors (Lipinski definition) is 1. The summed E-state index contributed by atoms with van der Waals surface area (Å²) in [5, 5.41) is 3.38. The van der Waals surface area contributed by atoms with Gasteiger partial charge in [-0.3, -0.25) is 0 Å². The summed E-state index contributed by atoms with van der Waals surface area (Å²) in [6, 6.07) is 0.221. The standard InChI is InChI=1S/C12H24N2O4S2/c1-19(15,16)9-10-20(17,18)14-8-3-2-6-12(14)11-5-4-7-13-11/h11-13H,2-10H2,1H3. The van der Waals surface area contributed by atoms with E-state index in [-0.39, 0.29) is 23.6 Å². The highest BCUT2D eigenvalue weighted by Crippen LogP contribution is 2.26. The zero-order valence-corrected chi connectivity index (χ0v) is 13.5. The fraction of sp³-hybridized carbons (Fsp3) is 1.00. The summed E-state index contributed by atoms with van der Waals surface area (Å²) >= 11 is 0. The number of sulfonamides is 1. The molecule has 8 heteroatoms. The summed E-state index contributed by atoms with van der Waals surface area (Å²) in [6.07, 6.45) is 5.94. The quantitative estimate of drug-likeness (QED) is 0.768. The zero-order chi connectivity index (χ0) is 14.8. The lowest BCUT2D eigenvalue weighted by molar-refractivity contribution is 0.211. The average molecular weight is 324 g/mol. The predicted molar refractivity (Wildman–Crippen MR) is 78.9 cm³/mol. The first-order valence-electron chi connectivity index (χ1n) is 7.20. The van der Waals surface area contributed by atoms with Crippen molar-refractivity contribution in [2.24, 2.45) is 0 Å². The first kappa shape index (κ1) is 16.2. The Bertz CT molecular complexity index is 524. The first-order chi connectivity index (χ1) is 9.30. The molecule has 0 aromatic carbocycles. The van der Waals surface area contributed by atoms with E-state index in [0.717, 1.165) is 44.9 Å².